The van der Waals surface area contributed by atoms with Crippen molar-refractivity contribution >= 4 is 17.2 Å². The third-order valence-electron chi connectivity index (χ3n) is 1.05. The van der Waals surface area contributed by atoms with Crippen LogP contribution >= 0.6 is 11.3 Å². The van der Waals surface area contributed by atoms with Gasteiger partial charge in [-0.1, -0.05) is 12.1 Å². The molecule has 0 saturated carbocycles. The zero-order valence-corrected chi connectivity index (χ0v) is 6.84. The number of rotatable bonds is 0. The van der Waals surface area contributed by atoms with E-state index in [-0.39, 0.29) is 0 Å². The van der Waals surface area contributed by atoms with Crippen molar-refractivity contribution in [2.75, 3.05) is 5.73 Å². The standard InChI is InChI=1S/C4H6N2.C4H4S/c5-4-2-1-3-6-4;1-2-4-5-3-1/h1-3,6H,5H2;1-4H. The smallest absolute Gasteiger partial charge is 0.100 e. The Hall–Kier alpha value is -1.22. The molecule has 0 spiro atoms. The molecule has 2 nitrogen and oxygen atoms in total. The molecule has 2 aromatic rings. The van der Waals surface area contributed by atoms with Gasteiger partial charge in [-0.3, -0.25) is 0 Å². The van der Waals surface area contributed by atoms with Crippen LogP contribution in [0.1, 0.15) is 0 Å². The van der Waals surface area contributed by atoms with E-state index in [1.807, 2.05) is 29.0 Å². The van der Waals surface area contributed by atoms with E-state index in [0.717, 1.165) is 5.82 Å². The molecular weight excluding hydrogens is 156 g/mol. The second-order valence-electron chi connectivity index (χ2n) is 1.92. The number of aromatic nitrogens is 1. The minimum absolute atomic E-state index is 0.718. The van der Waals surface area contributed by atoms with E-state index in [1.165, 1.54) is 0 Å². The van der Waals surface area contributed by atoms with Crippen LogP contribution in [0.15, 0.2) is 41.2 Å². The summed E-state index contributed by atoms with van der Waals surface area (Å²) >= 11 is 1.71. The van der Waals surface area contributed by atoms with Gasteiger partial charge in [-0.15, -0.1) is 0 Å². The molecule has 0 fully saturated rings. The van der Waals surface area contributed by atoms with Gasteiger partial charge in [0.2, 0.25) is 0 Å². The third kappa shape index (κ3) is 3.47. The fourth-order valence-corrected chi connectivity index (χ4v) is 1.02. The number of hydrogen-bond donors (Lipinski definition) is 2. The maximum Gasteiger partial charge on any atom is 0.100 e. The molecule has 0 radical (unpaired) electrons. The summed E-state index contributed by atoms with van der Waals surface area (Å²) in [5, 5.41) is 4.08. The first-order valence-electron chi connectivity index (χ1n) is 3.25. The highest BCUT2D eigenvalue weighted by atomic mass is 32.1. The lowest BCUT2D eigenvalue weighted by atomic mass is 10.6. The molecule has 0 bridgehead atoms. The van der Waals surface area contributed by atoms with E-state index in [2.05, 4.69) is 4.98 Å². The molecule has 0 saturated heterocycles. The lowest BCUT2D eigenvalue weighted by Crippen LogP contribution is -1.79. The van der Waals surface area contributed by atoms with Crippen LogP contribution in [0.3, 0.4) is 0 Å². The van der Waals surface area contributed by atoms with Crippen LogP contribution in [-0.2, 0) is 0 Å². The zero-order valence-electron chi connectivity index (χ0n) is 6.03. The van der Waals surface area contributed by atoms with Crippen molar-refractivity contribution in [1.82, 2.24) is 4.98 Å². The molecule has 11 heavy (non-hydrogen) atoms. The lowest BCUT2D eigenvalue weighted by Gasteiger charge is -1.72. The van der Waals surface area contributed by atoms with E-state index >= 15 is 0 Å². The van der Waals surface area contributed by atoms with Gasteiger partial charge in [0.15, 0.2) is 0 Å². The van der Waals surface area contributed by atoms with Gasteiger partial charge in [0.1, 0.15) is 5.82 Å². The van der Waals surface area contributed by atoms with Crippen LogP contribution in [0.4, 0.5) is 5.82 Å². The van der Waals surface area contributed by atoms with Crippen LogP contribution in [-0.4, -0.2) is 4.98 Å². The molecule has 0 amide bonds. The van der Waals surface area contributed by atoms with Gasteiger partial charge in [-0.2, -0.15) is 11.3 Å². The molecule has 2 heterocycles. The van der Waals surface area contributed by atoms with Gasteiger partial charge in [-0.25, -0.2) is 0 Å². The van der Waals surface area contributed by atoms with Crippen molar-refractivity contribution in [2.45, 2.75) is 0 Å². The van der Waals surface area contributed by atoms with E-state index in [4.69, 9.17) is 5.73 Å². The van der Waals surface area contributed by atoms with Crippen LogP contribution in [0, 0.1) is 0 Å². The quantitative estimate of drug-likeness (QED) is 0.619. The summed E-state index contributed by atoms with van der Waals surface area (Å²) in [5.74, 6) is 0.718. The molecule has 3 N–H and O–H groups in total. The molecule has 2 aromatic heterocycles. The molecule has 0 atom stereocenters. The summed E-state index contributed by atoms with van der Waals surface area (Å²) in [6.45, 7) is 0. The fourth-order valence-electron chi connectivity index (χ4n) is 0.571. The first-order valence-corrected chi connectivity index (χ1v) is 4.20. The molecule has 58 valence electrons. The van der Waals surface area contributed by atoms with Crippen LogP contribution in [0.2, 0.25) is 0 Å². The Labute approximate surface area is 69.7 Å². The first kappa shape index (κ1) is 7.88. The Morgan fingerprint density at radius 1 is 1.18 bits per heavy atom. The maximum atomic E-state index is 5.22. The fraction of sp³-hybridized carbons (Fsp3) is 0. The average molecular weight is 166 g/mol. The van der Waals surface area contributed by atoms with Gasteiger partial charge >= 0.3 is 0 Å². The van der Waals surface area contributed by atoms with Gasteiger partial charge in [-0.05, 0) is 22.9 Å². The Morgan fingerprint density at radius 3 is 2.09 bits per heavy atom. The van der Waals surface area contributed by atoms with E-state index in [1.54, 1.807) is 23.6 Å². The number of thiophene rings is 1. The summed E-state index contributed by atoms with van der Waals surface area (Å²) in [4.78, 5) is 2.78. The molecule has 2 rings (SSSR count). The first-order chi connectivity index (χ1) is 5.39. The zero-order chi connectivity index (χ0) is 7.94. The van der Waals surface area contributed by atoms with Crippen LogP contribution < -0.4 is 5.73 Å². The minimum Gasteiger partial charge on any atom is -0.385 e. The van der Waals surface area contributed by atoms with Crippen LogP contribution in [0.25, 0.3) is 0 Å². The van der Waals surface area contributed by atoms with Crippen LogP contribution in [0.5, 0.6) is 0 Å². The molecule has 0 aliphatic rings. The Morgan fingerprint density at radius 2 is 1.91 bits per heavy atom. The molecule has 0 unspecified atom stereocenters. The van der Waals surface area contributed by atoms with Crippen molar-refractivity contribution in [3.8, 4) is 0 Å². The Kier molecular flexibility index (Phi) is 3.28. The highest BCUT2D eigenvalue weighted by Crippen LogP contribution is 1.91. The van der Waals surface area contributed by atoms with Gasteiger partial charge < -0.3 is 10.7 Å². The highest BCUT2D eigenvalue weighted by Gasteiger charge is 1.72. The van der Waals surface area contributed by atoms with Crippen molar-refractivity contribution in [2.24, 2.45) is 0 Å². The Bertz CT molecular complexity index is 230. The predicted octanol–water partition coefficient (Wildman–Crippen LogP) is 2.35. The summed E-state index contributed by atoms with van der Waals surface area (Å²) < 4.78 is 0. The van der Waals surface area contributed by atoms with E-state index in [9.17, 15) is 0 Å². The summed E-state index contributed by atoms with van der Waals surface area (Å²) in [7, 11) is 0. The van der Waals surface area contributed by atoms with E-state index < -0.39 is 0 Å². The second-order valence-corrected chi connectivity index (χ2v) is 2.74. The SMILES string of the molecule is Nc1ccc[nH]1.c1ccsc1. The summed E-state index contributed by atoms with van der Waals surface area (Å²) in [6.07, 6.45) is 1.79. The van der Waals surface area contributed by atoms with Crippen molar-refractivity contribution in [1.29, 1.82) is 0 Å². The highest BCUT2D eigenvalue weighted by molar-refractivity contribution is 7.07. The van der Waals surface area contributed by atoms with Gasteiger partial charge in [0.25, 0.3) is 0 Å². The number of aromatic amines is 1. The minimum atomic E-state index is 0.718. The maximum absolute atomic E-state index is 5.22. The molecule has 0 aromatic carbocycles. The average Bonchev–Trinajstić information content (AvgIpc) is 2.57. The lowest BCUT2D eigenvalue weighted by molar-refractivity contribution is 1.42. The number of hydrogen-bond acceptors (Lipinski definition) is 2. The number of nitrogens with one attached hydrogen (secondary N) is 1. The second kappa shape index (κ2) is 4.57. The molecule has 3 heteroatoms. The molecular formula is C8H10N2S. The number of H-pyrrole nitrogens is 1. The number of nitrogen functional groups attached to an aromatic ring is 1. The van der Waals surface area contributed by atoms with Crippen molar-refractivity contribution in [3.63, 3.8) is 0 Å². The molecule has 0 aliphatic heterocycles. The predicted molar refractivity (Wildman–Crippen MR) is 49.5 cm³/mol. The van der Waals surface area contributed by atoms with E-state index in [0.29, 0.717) is 0 Å². The summed E-state index contributed by atoms with van der Waals surface area (Å²) in [6, 6.07) is 7.70. The topological polar surface area (TPSA) is 41.8 Å². The third-order valence-corrected chi connectivity index (χ3v) is 1.68. The van der Waals surface area contributed by atoms with Gasteiger partial charge in [0.05, 0.1) is 0 Å². The summed E-state index contributed by atoms with van der Waals surface area (Å²) in [5.41, 5.74) is 5.22. The monoisotopic (exact) mass is 166 g/mol. The van der Waals surface area contributed by atoms with Crippen molar-refractivity contribution in [3.05, 3.63) is 41.2 Å². The normalized spacial score (nSPS) is 8.36. The number of nitrogens with two attached hydrogens (primary N) is 1. The van der Waals surface area contributed by atoms with Gasteiger partial charge in [0, 0.05) is 6.20 Å². The Balaban J connectivity index is 0.000000112. The molecule has 0 aliphatic carbocycles. The van der Waals surface area contributed by atoms with Crippen molar-refractivity contribution < 1.29 is 0 Å². The number of anilines is 1. The largest absolute Gasteiger partial charge is 0.385 e.